The topological polar surface area (TPSA) is 105 Å². The molecule has 4 rings (SSSR count). The van der Waals surface area contributed by atoms with Crippen LogP contribution in [0.25, 0.3) is 11.5 Å². The van der Waals surface area contributed by atoms with Crippen LogP contribution in [0.4, 0.5) is 35.5 Å². The molecular formula is C18H16F3N7OS. The normalized spacial score (nSPS) is 14.9. The molecule has 3 N–H and O–H groups in total. The Hall–Kier alpha value is -3.28. The van der Waals surface area contributed by atoms with E-state index < -0.39 is 17.2 Å². The van der Waals surface area contributed by atoms with Crippen LogP contribution in [0.15, 0.2) is 24.5 Å². The number of aromatic nitrogens is 4. The lowest BCUT2D eigenvalue weighted by Gasteiger charge is -2.14. The SMILES string of the molecule is CNc1cc(C(F)(F)F)cnc1Nc1nc(-c2cc3c(cn2)NC(=O)C3(C)C)ns1. The third kappa shape index (κ3) is 3.43. The Morgan fingerprint density at radius 2 is 1.93 bits per heavy atom. The number of pyridine rings is 2. The van der Waals surface area contributed by atoms with Crippen molar-refractivity contribution in [2.45, 2.75) is 25.4 Å². The molecule has 0 spiro atoms. The van der Waals surface area contributed by atoms with Crippen molar-refractivity contribution in [1.29, 1.82) is 0 Å². The molecule has 0 fully saturated rings. The minimum atomic E-state index is -4.49. The molecule has 0 radical (unpaired) electrons. The minimum Gasteiger partial charge on any atom is -0.385 e. The highest BCUT2D eigenvalue weighted by molar-refractivity contribution is 7.09. The summed E-state index contributed by atoms with van der Waals surface area (Å²) in [5.74, 6) is 0.405. The van der Waals surface area contributed by atoms with Gasteiger partial charge < -0.3 is 16.0 Å². The van der Waals surface area contributed by atoms with Crippen LogP contribution in [0.2, 0.25) is 0 Å². The number of fused-ring (bicyclic) bond motifs is 1. The van der Waals surface area contributed by atoms with Crippen LogP contribution < -0.4 is 16.0 Å². The van der Waals surface area contributed by atoms with Gasteiger partial charge in [0.25, 0.3) is 0 Å². The number of anilines is 4. The molecule has 3 aromatic heterocycles. The standard InChI is InChI=1S/C18H16F3N7OS/c1-17(2)9-5-11(23-7-12(9)25-15(17)29)14-27-16(30-28-14)26-13-10(22-3)4-8(6-24-13)18(19,20)21/h4-7,22H,1-3H3,(H,25,29)(H,24,26,27,28). The number of nitrogens with zero attached hydrogens (tertiary/aromatic N) is 4. The lowest BCUT2D eigenvalue weighted by molar-refractivity contribution is -0.137. The zero-order chi connectivity index (χ0) is 21.7. The maximum Gasteiger partial charge on any atom is 0.417 e. The van der Waals surface area contributed by atoms with Crippen molar-refractivity contribution < 1.29 is 18.0 Å². The van der Waals surface area contributed by atoms with Gasteiger partial charge >= 0.3 is 6.18 Å². The van der Waals surface area contributed by atoms with Crippen LogP contribution in [-0.2, 0) is 16.4 Å². The maximum atomic E-state index is 12.9. The molecule has 0 atom stereocenters. The number of hydrogen-bond donors (Lipinski definition) is 3. The number of alkyl halides is 3. The predicted molar refractivity (Wildman–Crippen MR) is 107 cm³/mol. The van der Waals surface area contributed by atoms with Crippen molar-refractivity contribution in [3.05, 3.63) is 35.7 Å². The number of rotatable bonds is 4. The van der Waals surface area contributed by atoms with Crippen LogP contribution in [0.1, 0.15) is 25.0 Å². The van der Waals surface area contributed by atoms with Crippen molar-refractivity contribution >= 4 is 39.8 Å². The fourth-order valence-electron chi connectivity index (χ4n) is 2.98. The van der Waals surface area contributed by atoms with Crippen molar-refractivity contribution in [2.24, 2.45) is 0 Å². The van der Waals surface area contributed by atoms with E-state index in [4.69, 9.17) is 0 Å². The first-order chi connectivity index (χ1) is 14.1. The van der Waals surface area contributed by atoms with Gasteiger partial charge in [-0.3, -0.25) is 9.78 Å². The van der Waals surface area contributed by atoms with Gasteiger partial charge in [0.2, 0.25) is 11.0 Å². The summed E-state index contributed by atoms with van der Waals surface area (Å²) < 4.78 is 42.9. The highest BCUT2D eigenvalue weighted by atomic mass is 32.1. The van der Waals surface area contributed by atoms with E-state index in [0.29, 0.717) is 22.3 Å². The van der Waals surface area contributed by atoms with Gasteiger partial charge in [0.1, 0.15) is 5.69 Å². The Balaban J connectivity index is 1.61. The van der Waals surface area contributed by atoms with Gasteiger partial charge in [-0.25, -0.2) is 4.98 Å². The molecule has 1 aliphatic heterocycles. The highest BCUT2D eigenvalue weighted by Gasteiger charge is 2.39. The van der Waals surface area contributed by atoms with Crippen molar-refractivity contribution in [2.75, 3.05) is 23.0 Å². The smallest absolute Gasteiger partial charge is 0.385 e. The summed E-state index contributed by atoms with van der Waals surface area (Å²) in [6.45, 7) is 3.63. The number of hydrogen-bond acceptors (Lipinski definition) is 8. The first-order valence-corrected chi connectivity index (χ1v) is 9.55. The van der Waals surface area contributed by atoms with E-state index in [9.17, 15) is 18.0 Å². The number of nitrogens with one attached hydrogen (secondary N) is 3. The fraction of sp³-hybridized carbons (Fsp3) is 0.278. The first kappa shape index (κ1) is 20.0. The molecule has 0 aliphatic carbocycles. The van der Waals surface area contributed by atoms with Crippen molar-refractivity contribution in [3.8, 4) is 11.5 Å². The molecule has 0 saturated carbocycles. The average Bonchev–Trinajstić information content (AvgIpc) is 3.24. The Bertz CT molecular complexity index is 1140. The van der Waals surface area contributed by atoms with Gasteiger partial charge in [-0.2, -0.15) is 22.5 Å². The molecule has 0 unspecified atom stereocenters. The summed E-state index contributed by atoms with van der Waals surface area (Å²) in [6.07, 6.45) is -2.18. The van der Waals surface area contributed by atoms with E-state index in [1.165, 1.54) is 7.05 Å². The van der Waals surface area contributed by atoms with Crippen LogP contribution in [0.5, 0.6) is 0 Å². The second-order valence-corrected chi connectivity index (χ2v) is 7.86. The second-order valence-electron chi connectivity index (χ2n) is 7.11. The van der Waals surface area contributed by atoms with Crippen LogP contribution in [-0.4, -0.2) is 32.3 Å². The summed E-state index contributed by atoms with van der Waals surface area (Å²) in [6, 6.07) is 2.72. The van der Waals surface area contributed by atoms with Crippen LogP contribution in [0, 0.1) is 0 Å². The molecule has 0 saturated heterocycles. The van der Waals surface area contributed by atoms with E-state index in [1.54, 1.807) is 12.3 Å². The molecule has 1 amide bonds. The molecule has 8 nitrogen and oxygen atoms in total. The number of halogens is 3. The molecule has 12 heteroatoms. The lowest BCUT2D eigenvalue weighted by Crippen LogP contribution is -2.26. The molecule has 156 valence electrons. The Morgan fingerprint density at radius 1 is 1.17 bits per heavy atom. The molecule has 4 heterocycles. The first-order valence-electron chi connectivity index (χ1n) is 8.77. The predicted octanol–water partition coefficient (Wildman–Crippen LogP) is 4.03. The van der Waals surface area contributed by atoms with Gasteiger partial charge in [0.15, 0.2) is 11.6 Å². The number of carbonyl (C=O) groups is 1. The lowest BCUT2D eigenvalue weighted by atomic mass is 9.86. The summed E-state index contributed by atoms with van der Waals surface area (Å²) in [7, 11) is 1.50. The summed E-state index contributed by atoms with van der Waals surface area (Å²) in [5, 5.41) is 8.69. The molecular weight excluding hydrogens is 419 g/mol. The quantitative estimate of drug-likeness (QED) is 0.568. The van der Waals surface area contributed by atoms with E-state index >= 15 is 0 Å². The zero-order valence-corrected chi connectivity index (χ0v) is 16.9. The molecule has 3 aromatic rings. The Kier molecular flexibility index (Phi) is 4.60. The number of carbonyl (C=O) groups excluding carboxylic acids is 1. The minimum absolute atomic E-state index is 0.113. The van der Waals surface area contributed by atoms with E-state index in [1.807, 2.05) is 13.8 Å². The van der Waals surface area contributed by atoms with Crippen LogP contribution in [0.3, 0.4) is 0 Å². The Morgan fingerprint density at radius 3 is 2.63 bits per heavy atom. The van der Waals surface area contributed by atoms with Gasteiger partial charge in [-0.1, -0.05) is 0 Å². The monoisotopic (exact) mass is 435 g/mol. The highest BCUT2D eigenvalue weighted by Crippen LogP contribution is 2.39. The third-order valence-electron chi connectivity index (χ3n) is 4.76. The summed E-state index contributed by atoms with van der Waals surface area (Å²) in [5.41, 5.74) is 0.540. The summed E-state index contributed by atoms with van der Waals surface area (Å²) >= 11 is 1.02. The third-order valence-corrected chi connectivity index (χ3v) is 5.39. The van der Waals surface area contributed by atoms with Gasteiger partial charge in [-0.15, -0.1) is 0 Å². The van der Waals surface area contributed by atoms with Gasteiger partial charge in [0.05, 0.1) is 28.6 Å². The van der Waals surface area contributed by atoms with E-state index in [-0.39, 0.29) is 17.4 Å². The van der Waals surface area contributed by atoms with Crippen molar-refractivity contribution in [1.82, 2.24) is 19.3 Å². The number of amides is 1. The zero-order valence-electron chi connectivity index (χ0n) is 16.0. The summed E-state index contributed by atoms with van der Waals surface area (Å²) in [4.78, 5) is 24.6. The molecule has 30 heavy (non-hydrogen) atoms. The average molecular weight is 435 g/mol. The fourth-order valence-corrected chi connectivity index (χ4v) is 3.56. The van der Waals surface area contributed by atoms with E-state index in [2.05, 4.69) is 35.3 Å². The molecule has 1 aliphatic rings. The molecule has 0 bridgehead atoms. The van der Waals surface area contributed by atoms with Crippen LogP contribution >= 0.6 is 11.5 Å². The Labute approximate surface area is 173 Å². The van der Waals surface area contributed by atoms with E-state index in [0.717, 1.165) is 29.4 Å². The van der Waals surface area contributed by atoms with Gasteiger partial charge in [-0.05, 0) is 31.5 Å². The maximum absolute atomic E-state index is 12.9. The molecule has 0 aromatic carbocycles. The largest absolute Gasteiger partial charge is 0.417 e. The van der Waals surface area contributed by atoms with Gasteiger partial charge in [0, 0.05) is 24.8 Å². The second kappa shape index (κ2) is 6.90. The van der Waals surface area contributed by atoms with Crippen molar-refractivity contribution in [3.63, 3.8) is 0 Å².